The van der Waals surface area contributed by atoms with Crippen molar-refractivity contribution in [2.24, 2.45) is 0 Å². The van der Waals surface area contributed by atoms with E-state index in [-0.39, 0.29) is 17.4 Å². The Labute approximate surface area is 142 Å². The van der Waals surface area contributed by atoms with Crippen LogP contribution >= 0.6 is 0 Å². The van der Waals surface area contributed by atoms with E-state index >= 15 is 0 Å². The molecule has 126 valence electrons. The van der Waals surface area contributed by atoms with Gasteiger partial charge in [0.05, 0.1) is 6.61 Å². The predicted molar refractivity (Wildman–Crippen MR) is 94.0 cm³/mol. The van der Waals surface area contributed by atoms with Gasteiger partial charge in [0.2, 0.25) is 0 Å². The fraction of sp³-hybridized carbons (Fsp3) is 0.250. The largest absolute Gasteiger partial charge is 0.507 e. The van der Waals surface area contributed by atoms with Crippen molar-refractivity contribution in [1.82, 2.24) is 0 Å². The first-order chi connectivity index (χ1) is 11.5. The molecule has 0 amide bonds. The predicted octanol–water partition coefficient (Wildman–Crippen LogP) is 4.02. The van der Waals surface area contributed by atoms with Crippen LogP contribution < -0.4 is 0 Å². The van der Waals surface area contributed by atoms with Crippen LogP contribution in [0.2, 0.25) is 0 Å². The normalized spacial score (nSPS) is 11.1. The van der Waals surface area contributed by atoms with E-state index in [0.717, 1.165) is 5.56 Å². The Morgan fingerprint density at radius 3 is 2.33 bits per heavy atom. The number of carbonyl (C=O) groups excluding carboxylic acids is 1. The molecule has 4 nitrogen and oxygen atoms in total. The van der Waals surface area contributed by atoms with Crippen molar-refractivity contribution in [1.29, 1.82) is 0 Å². The Kier molecular flexibility index (Phi) is 6.01. The van der Waals surface area contributed by atoms with Crippen LogP contribution in [0, 0.1) is 0 Å². The van der Waals surface area contributed by atoms with Crippen molar-refractivity contribution < 1.29 is 19.7 Å². The number of phenols is 2. The summed E-state index contributed by atoms with van der Waals surface area (Å²) in [5.41, 5.74) is 2.14. The summed E-state index contributed by atoms with van der Waals surface area (Å²) < 4.78 is 5.14. The van der Waals surface area contributed by atoms with E-state index in [4.69, 9.17) is 4.74 Å². The van der Waals surface area contributed by atoms with Gasteiger partial charge < -0.3 is 14.9 Å². The molecule has 0 aliphatic rings. The molecule has 24 heavy (non-hydrogen) atoms. The number of hydrogen-bond acceptors (Lipinski definition) is 4. The molecular weight excluding hydrogens is 304 g/mol. The van der Waals surface area contributed by atoms with Gasteiger partial charge in [-0.25, -0.2) is 4.79 Å². The molecule has 0 spiro atoms. The molecule has 0 aromatic heterocycles. The summed E-state index contributed by atoms with van der Waals surface area (Å²) >= 11 is 0. The van der Waals surface area contributed by atoms with Gasteiger partial charge in [0.1, 0.15) is 11.5 Å². The standard InChI is InChI=1S/C20H22O4/c1-14(2)20-17(21)12-16(13-18(20)22)8-9-19(23)24-11-10-15-6-4-3-5-7-15/h3-9,12-14,21-22H,10-11H2,1-2H3. The molecule has 2 rings (SSSR count). The smallest absolute Gasteiger partial charge is 0.330 e. The minimum absolute atomic E-state index is 0.00554. The summed E-state index contributed by atoms with van der Waals surface area (Å²) in [6, 6.07) is 12.8. The molecule has 0 radical (unpaired) electrons. The molecular formula is C20H22O4. The summed E-state index contributed by atoms with van der Waals surface area (Å²) in [7, 11) is 0. The van der Waals surface area contributed by atoms with Gasteiger partial charge in [0.25, 0.3) is 0 Å². The third kappa shape index (κ3) is 4.88. The zero-order chi connectivity index (χ0) is 17.5. The van der Waals surface area contributed by atoms with Crippen LogP contribution in [0.1, 0.15) is 36.5 Å². The van der Waals surface area contributed by atoms with Gasteiger partial charge in [-0.05, 0) is 35.3 Å². The quantitative estimate of drug-likeness (QED) is 0.621. The monoisotopic (exact) mass is 326 g/mol. The van der Waals surface area contributed by atoms with E-state index in [1.165, 1.54) is 24.3 Å². The number of rotatable bonds is 6. The lowest BCUT2D eigenvalue weighted by Gasteiger charge is -2.11. The molecule has 0 saturated carbocycles. The van der Waals surface area contributed by atoms with E-state index in [9.17, 15) is 15.0 Å². The number of carbonyl (C=O) groups is 1. The van der Waals surface area contributed by atoms with Crippen molar-refractivity contribution in [2.45, 2.75) is 26.2 Å². The molecule has 0 saturated heterocycles. The van der Waals surface area contributed by atoms with E-state index in [0.29, 0.717) is 24.2 Å². The lowest BCUT2D eigenvalue weighted by atomic mass is 9.99. The Bertz CT molecular complexity index is 695. The van der Waals surface area contributed by atoms with Gasteiger partial charge in [-0.3, -0.25) is 0 Å². The van der Waals surface area contributed by atoms with Crippen LogP contribution in [0.25, 0.3) is 6.08 Å². The van der Waals surface area contributed by atoms with Gasteiger partial charge in [0, 0.05) is 18.1 Å². The summed E-state index contributed by atoms with van der Waals surface area (Å²) in [5.74, 6) is -0.423. The third-order valence-corrected chi connectivity index (χ3v) is 3.63. The Morgan fingerprint density at radius 1 is 1.12 bits per heavy atom. The minimum atomic E-state index is -0.460. The molecule has 2 aromatic carbocycles. The van der Waals surface area contributed by atoms with Crippen molar-refractivity contribution in [3.05, 3.63) is 65.2 Å². The first kappa shape index (κ1) is 17.6. The molecule has 2 aromatic rings. The highest BCUT2D eigenvalue weighted by atomic mass is 16.5. The topological polar surface area (TPSA) is 66.8 Å². The molecule has 0 fully saturated rings. The Morgan fingerprint density at radius 2 is 1.75 bits per heavy atom. The first-order valence-corrected chi connectivity index (χ1v) is 7.92. The maximum Gasteiger partial charge on any atom is 0.330 e. The molecule has 4 heteroatoms. The van der Waals surface area contributed by atoms with E-state index in [1.807, 2.05) is 44.2 Å². The average molecular weight is 326 g/mol. The number of hydrogen-bond donors (Lipinski definition) is 2. The van der Waals surface area contributed by atoms with Crippen molar-refractivity contribution >= 4 is 12.0 Å². The van der Waals surface area contributed by atoms with Gasteiger partial charge >= 0.3 is 5.97 Å². The Balaban J connectivity index is 1.92. The lowest BCUT2D eigenvalue weighted by Crippen LogP contribution is -2.04. The van der Waals surface area contributed by atoms with Gasteiger partial charge in [0.15, 0.2) is 0 Å². The first-order valence-electron chi connectivity index (χ1n) is 7.92. The Hall–Kier alpha value is -2.75. The summed E-state index contributed by atoms with van der Waals surface area (Å²) in [6.07, 6.45) is 3.45. The van der Waals surface area contributed by atoms with Crippen molar-refractivity contribution in [3.63, 3.8) is 0 Å². The van der Waals surface area contributed by atoms with Gasteiger partial charge in [-0.15, -0.1) is 0 Å². The highest BCUT2D eigenvalue weighted by Gasteiger charge is 2.12. The highest BCUT2D eigenvalue weighted by molar-refractivity contribution is 5.87. The average Bonchev–Trinajstić information content (AvgIpc) is 2.53. The molecule has 0 bridgehead atoms. The van der Waals surface area contributed by atoms with Gasteiger partial charge in [-0.1, -0.05) is 44.2 Å². The second-order valence-electron chi connectivity index (χ2n) is 5.86. The molecule has 0 aliphatic heterocycles. The molecule has 0 heterocycles. The van der Waals surface area contributed by atoms with Crippen molar-refractivity contribution in [2.75, 3.05) is 6.61 Å². The van der Waals surface area contributed by atoms with Crippen molar-refractivity contribution in [3.8, 4) is 11.5 Å². The highest BCUT2D eigenvalue weighted by Crippen LogP contribution is 2.35. The van der Waals surface area contributed by atoms with Crippen LogP contribution in [0.4, 0.5) is 0 Å². The second-order valence-corrected chi connectivity index (χ2v) is 5.86. The maximum absolute atomic E-state index is 11.7. The van der Waals surface area contributed by atoms with Crippen LogP contribution in [0.5, 0.6) is 11.5 Å². The summed E-state index contributed by atoms with van der Waals surface area (Å²) in [5, 5.41) is 19.9. The summed E-state index contributed by atoms with van der Waals surface area (Å²) in [4.78, 5) is 11.7. The molecule has 0 unspecified atom stereocenters. The number of esters is 1. The fourth-order valence-electron chi connectivity index (χ4n) is 2.46. The number of ether oxygens (including phenoxy) is 1. The fourth-order valence-corrected chi connectivity index (χ4v) is 2.46. The maximum atomic E-state index is 11.7. The number of aromatic hydroxyl groups is 2. The summed E-state index contributed by atoms with van der Waals surface area (Å²) in [6.45, 7) is 4.07. The molecule has 2 N–H and O–H groups in total. The van der Waals surface area contributed by atoms with Crippen LogP contribution in [-0.2, 0) is 16.0 Å². The second kappa shape index (κ2) is 8.20. The van der Waals surface area contributed by atoms with E-state index in [1.54, 1.807) is 0 Å². The lowest BCUT2D eigenvalue weighted by molar-refractivity contribution is -0.137. The zero-order valence-corrected chi connectivity index (χ0v) is 13.9. The van der Waals surface area contributed by atoms with Crippen LogP contribution in [0.15, 0.2) is 48.5 Å². The van der Waals surface area contributed by atoms with E-state index < -0.39 is 5.97 Å². The molecule has 0 atom stereocenters. The van der Waals surface area contributed by atoms with Crippen LogP contribution in [-0.4, -0.2) is 22.8 Å². The minimum Gasteiger partial charge on any atom is -0.507 e. The third-order valence-electron chi connectivity index (χ3n) is 3.63. The SMILES string of the molecule is CC(C)c1c(O)cc(C=CC(=O)OCCc2ccccc2)cc1O. The van der Waals surface area contributed by atoms with Crippen LogP contribution in [0.3, 0.4) is 0 Å². The molecule has 0 aliphatic carbocycles. The van der Waals surface area contributed by atoms with E-state index in [2.05, 4.69) is 0 Å². The number of benzene rings is 2. The van der Waals surface area contributed by atoms with Gasteiger partial charge in [-0.2, -0.15) is 0 Å². The zero-order valence-electron chi connectivity index (χ0n) is 13.9. The number of phenolic OH excluding ortho intramolecular Hbond substituents is 2.